The van der Waals surface area contributed by atoms with E-state index in [1.165, 1.54) is 51.4 Å². The van der Waals surface area contributed by atoms with Crippen LogP contribution in [0.3, 0.4) is 0 Å². The Bertz CT molecular complexity index is 403. The lowest BCUT2D eigenvalue weighted by atomic mass is 10.1. The first-order valence-electron chi connectivity index (χ1n) is 11.6. The van der Waals surface area contributed by atoms with Crippen LogP contribution in [0.4, 0.5) is 0 Å². The van der Waals surface area contributed by atoms with Gasteiger partial charge in [0.05, 0.1) is 6.10 Å². The molecule has 0 radical (unpaired) electrons. The van der Waals surface area contributed by atoms with Crippen LogP contribution >= 0.6 is 0 Å². The van der Waals surface area contributed by atoms with Gasteiger partial charge in [-0.3, -0.25) is 9.59 Å². The third-order valence-electron chi connectivity index (χ3n) is 4.79. The van der Waals surface area contributed by atoms with Crippen molar-refractivity contribution in [1.29, 1.82) is 0 Å². The summed E-state index contributed by atoms with van der Waals surface area (Å²) in [5.74, 6) is -0.462. The van der Waals surface area contributed by atoms with E-state index in [2.05, 4.69) is 19.9 Å². The molecule has 0 saturated heterocycles. The molecule has 28 heavy (non-hydrogen) atoms. The maximum absolute atomic E-state index is 11.7. The van der Waals surface area contributed by atoms with Gasteiger partial charge in [-0.1, -0.05) is 77.4 Å². The highest BCUT2D eigenvalue weighted by atomic mass is 16.5. The van der Waals surface area contributed by atoms with Crippen molar-refractivity contribution in [3.05, 3.63) is 12.2 Å². The van der Waals surface area contributed by atoms with Gasteiger partial charge in [-0.05, 0) is 39.0 Å². The first-order valence-corrected chi connectivity index (χ1v) is 11.6. The summed E-state index contributed by atoms with van der Waals surface area (Å²) >= 11 is 0. The second-order valence-corrected chi connectivity index (χ2v) is 7.71. The summed E-state index contributed by atoms with van der Waals surface area (Å²) in [4.78, 5) is 23.4. The molecular formula is C24H44O4. The number of rotatable bonds is 19. The van der Waals surface area contributed by atoms with Crippen molar-refractivity contribution in [3.8, 4) is 0 Å². The molecule has 0 aliphatic heterocycles. The number of hydrogen-bond acceptors (Lipinski definition) is 4. The Morgan fingerprint density at radius 2 is 1.36 bits per heavy atom. The van der Waals surface area contributed by atoms with Crippen molar-refractivity contribution < 1.29 is 19.1 Å². The van der Waals surface area contributed by atoms with E-state index in [0.29, 0.717) is 13.0 Å². The summed E-state index contributed by atoms with van der Waals surface area (Å²) in [6.45, 7) is 6.65. The summed E-state index contributed by atoms with van der Waals surface area (Å²) in [5, 5.41) is 0. The molecule has 0 N–H and O–H groups in total. The van der Waals surface area contributed by atoms with E-state index in [1.807, 2.05) is 13.0 Å². The van der Waals surface area contributed by atoms with Crippen LogP contribution in [0.1, 0.15) is 117 Å². The van der Waals surface area contributed by atoms with Crippen LogP contribution in [0, 0.1) is 0 Å². The van der Waals surface area contributed by atoms with Gasteiger partial charge in [-0.25, -0.2) is 0 Å². The zero-order chi connectivity index (χ0) is 20.9. The normalized spacial score (nSPS) is 12.2. The molecule has 0 bridgehead atoms. The predicted molar refractivity (Wildman–Crippen MR) is 116 cm³/mol. The smallest absolute Gasteiger partial charge is 0.306 e. The fraction of sp³-hybridized carbons (Fsp3) is 0.833. The number of carbonyl (C=O) groups excluding carboxylic acids is 2. The van der Waals surface area contributed by atoms with E-state index in [1.54, 1.807) is 0 Å². The van der Waals surface area contributed by atoms with Crippen molar-refractivity contribution in [2.24, 2.45) is 0 Å². The van der Waals surface area contributed by atoms with Gasteiger partial charge in [0, 0.05) is 12.8 Å². The van der Waals surface area contributed by atoms with Gasteiger partial charge < -0.3 is 9.47 Å². The largest absolute Gasteiger partial charge is 0.463 e. The predicted octanol–water partition coefficient (Wildman–Crippen LogP) is 6.91. The fourth-order valence-corrected chi connectivity index (χ4v) is 3.02. The Morgan fingerprint density at radius 1 is 0.750 bits per heavy atom. The molecule has 4 heteroatoms. The molecule has 1 unspecified atom stereocenters. The minimum atomic E-state index is -0.246. The van der Waals surface area contributed by atoms with Crippen LogP contribution in [-0.2, 0) is 19.1 Å². The van der Waals surface area contributed by atoms with Gasteiger partial charge in [-0.15, -0.1) is 0 Å². The molecule has 0 amide bonds. The summed E-state index contributed by atoms with van der Waals surface area (Å²) in [7, 11) is 0. The number of unbranched alkanes of at least 4 members (excludes halogenated alkanes) is 9. The van der Waals surface area contributed by atoms with E-state index in [0.717, 1.165) is 25.7 Å². The lowest BCUT2D eigenvalue weighted by Crippen LogP contribution is -2.15. The molecule has 0 aliphatic carbocycles. The molecule has 0 aromatic carbocycles. The van der Waals surface area contributed by atoms with Gasteiger partial charge in [0.2, 0.25) is 0 Å². The van der Waals surface area contributed by atoms with Gasteiger partial charge in [-0.2, -0.15) is 0 Å². The van der Waals surface area contributed by atoms with E-state index in [4.69, 9.17) is 9.47 Å². The van der Waals surface area contributed by atoms with Crippen LogP contribution in [-0.4, -0.2) is 24.6 Å². The first kappa shape index (κ1) is 26.7. The first-order chi connectivity index (χ1) is 13.6. The highest BCUT2D eigenvalue weighted by Gasteiger charge is 2.10. The standard InChI is InChI=1S/C24H44O4/c1-4-6-8-9-10-11-12-13-14-16-21-27-23(25)19-17-20-24(26)28-22(3)18-15-7-5-2/h14,16,22H,4-13,15,17-21H2,1-3H3/b16-14+. The maximum Gasteiger partial charge on any atom is 0.306 e. The zero-order valence-corrected chi connectivity index (χ0v) is 18.7. The average Bonchev–Trinajstić information content (AvgIpc) is 2.66. The van der Waals surface area contributed by atoms with Crippen molar-refractivity contribution in [2.75, 3.05) is 6.61 Å². The molecule has 1 atom stereocenters. The highest BCUT2D eigenvalue weighted by molar-refractivity contribution is 5.72. The highest BCUT2D eigenvalue weighted by Crippen LogP contribution is 2.10. The molecule has 0 aliphatic rings. The van der Waals surface area contributed by atoms with Crippen molar-refractivity contribution in [1.82, 2.24) is 0 Å². The molecule has 164 valence electrons. The van der Waals surface area contributed by atoms with Gasteiger partial charge >= 0.3 is 11.9 Å². The Morgan fingerprint density at radius 3 is 2.07 bits per heavy atom. The van der Waals surface area contributed by atoms with Gasteiger partial charge in [0.15, 0.2) is 0 Å². The quantitative estimate of drug-likeness (QED) is 0.135. The van der Waals surface area contributed by atoms with Crippen LogP contribution in [0.25, 0.3) is 0 Å². The minimum absolute atomic E-state index is 0.0347. The number of carbonyl (C=O) groups is 2. The molecule has 0 rings (SSSR count). The second-order valence-electron chi connectivity index (χ2n) is 7.71. The molecule has 0 heterocycles. The van der Waals surface area contributed by atoms with Crippen molar-refractivity contribution >= 4 is 11.9 Å². The average molecular weight is 397 g/mol. The SMILES string of the molecule is CCCCCCCCC/C=C/COC(=O)CCCC(=O)OC(C)CCCCC. The Kier molecular flexibility index (Phi) is 19.5. The van der Waals surface area contributed by atoms with Gasteiger partial charge in [0.1, 0.15) is 6.61 Å². The third-order valence-corrected chi connectivity index (χ3v) is 4.79. The number of hydrogen-bond donors (Lipinski definition) is 0. The van der Waals surface area contributed by atoms with Crippen molar-refractivity contribution in [3.63, 3.8) is 0 Å². The number of esters is 2. The molecule has 0 aromatic heterocycles. The molecule has 0 aromatic rings. The Hall–Kier alpha value is -1.32. The van der Waals surface area contributed by atoms with Crippen LogP contribution in [0.15, 0.2) is 12.2 Å². The van der Waals surface area contributed by atoms with E-state index >= 15 is 0 Å². The summed E-state index contributed by atoms with van der Waals surface area (Å²) < 4.78 is 10.5. The van der Waals surface area contributed by atoms with E-state index < -0.39 is 0 Å². The molecule has 0 spiro atoms. The Balaban J connectivity index is 3.50. The third kappa shape index (κ3) is 19.4. The monoisotopic (exact) mass is 396 g/mol. The number of allylic oxidation sites excluding steroid dienone is 1. The number of ether oxygens (including phenoxy) is 2. The van der Waals surface area contributed by atoms with E-state index in [9.17, 15) is 9.59 Å². The molecule has 4 nitrogen and oxygen atoms in total. The second kappa shape index (κ2) is 20.4. The summed E-state index contributed by atoms with van der Waals surface area (Å²) in [6, 6.07) is 0. The fourth-order valence-electron chi connectivity index (χ4n) is 3.02. The maximum atomic E-state index is 11.7. The molecular weight excluding hydrogens is 352 g/mol. The Labute approximate surface area is 173 Å². The van der Waals surface area contributed by atoms with Gasteiger partial charge in [0.25, 0.3) is 0 Å². The van der Waals surface area contributed by atoms with E-state index in [-0.39, 0.29) is 30.9 Å². The molecule has 0 fully saturated rings. The van der Waals surface area contributed by atoms with Crippen LogP contribution in [0.5, 0.6) is 0 Å². The summed E-state index contributed by atoms with van der Waals surface area (Å²) in [5.41, 5.74) is 0. The minimum Gasteiger partial charge on any atom is -0.463 e. The lowest BCUT2D eigenvalue weighted by Gasteiger charge is -2.12. The van der Waals surface area contributed by atoms with Crippen molar-refractivity contribution in [2.45, 2.75) is 123 Å². The van der Waals surface area contributed by atoms with Crippen LogP contribution < -0.4 is 0 Å². The van der Waals surface area contributed by atoms with Crippen LogP contribution in [0.2, 0.25) is 0 Å². The topological polar surface area (TPSA) is 52.6 Å². The summed E-state index contributed by atoms with van der Waals surface area (Å²) in [6.07, 6.45) is 19.5. The molecule has 0 saturated carbocycles. The lowest BCUT2D eigenvalue weighted by molar-refractivity contribution is -0.149. The zero-order valence-electron chi connectivity index (χ0n) is 18.7.